The summed E-state index contributed by atoms with van der Waals surface area (Å²) in [5.41, 5.74) is 10.6. The van der Waals surface area contributed by atoms with Gasteiger partial charge >= 0.3 is 5.97 Å². The van der Waals surface area contributed by atoms with Gasteiger partial charge in [-0.25, -0.2) is 4.79 Å². The Kier molecular flexibility index (Phi) is 11.5. The Hall–Kier alpha value is -2.81. The van der Waals surface area contributed by atoms with Crippen LogP contribution in [0.2, 0.25) is 0 Å². The Labute approximate surface area is 172 Å². The topological polar surface area (TPSA) is 254 Å². The van der Waals surface area contributed by atoms with Crippen molar-refractivity contribution in [1.82, 2.24) is 16.0 Å². The molecule has 0 rings (SSSR count). The van der Waals surface area contributed by atoms with E-state index in [1.165, 1.54) is 6.92 Å². The van der Waals surface area contributed by atoms with Crippen molar-refractivity contribution in [3.63, 3.8) is 0 Å². The Morgan fingerprint density at radius 2 is 1.30 bits per heavy atom. The average molecular weight is 435 g/mol. The second-order valence-electron chi connectivity index (χ2n) is 6.65. The van der Waals surface area contributed by atoms with Crippen LogP contribution in [0.5, 0.6) is 0 Å². The monoisotopic (exact) mass is 435 g/mol. The van der Waals surface area contributed by atoms with Crippen LogP contribution in [0, 0.1) is 0 Å². The molecular weight excluding hydrogens is 406 g/mol. The molecule has 11 N–H and O–H groups in total. The third-order valence-electron chi connectivity index (χ3n) is 3.96. The lowest BCUT2D eigenvalue weighted by Gasteiger charge is -2.27. The molecule has 14 heteroatoms. The molecule has 4 amide bonds. The van der Waals surface area contributed by atoms with E-state index >= 15 is 0 Å². The van der Waals surface area contributed by atoms with E-state index in [1.54, 1.807) is 0 Å². The summed E-state index contributed by atoms with van der Waals surface area (Å²) >= 11 is 0. The van der Waals surface area contributed by atoms with Crippen LogP contribution < -0.4 is 27.4 Å². The van der Waals surface area contributed by atoms with Gasteiger partial charge in [-0.3, -0.25) is 19.2 Å². The first-order chi connectivity index (χ1) is 13.8. The highest BCUT2D eigenvalue weighted by Gasteiger charge is 2.34. The van der Waals surface area contributed by atoms with Gasteiger partial charge in [-0.1, -0.05) is 0 Å². The van der Waals surface area contributed by atoms with Gasteiger partial charge in [0.25, 0.3) is 0 Å². The Bertz CT molecular complexity index is 641. The normalized spacial score (nSPS) is 16.9. The molecule has 172 valence electrons. The molecule has 0 bridgehead atoms. The molecule has 14 nitrogen and oxygen atoms in total. The minimum absolute atomic E-state index is 0.105. The van der Waals surface area contributed by atoms with E-state index in [0.29, 0.717) is 0 Å². The van der Waals surface area contributed by atoms with Crippen molar-refractivity contribution in [1.29, 1.82) is 0 Å². The zero-order valence-electron chi connectivity index (χ0n) is 16.6. The zero-order valence-corrected chi connectivity index (χ0v) is 16.6. The van der Waals surface area contributed by atoms with Crippen LogP contribution in [0.25, 0.3) is 0 Å². The summed E-state index contributed by atoms with van der Waals surface area (Å²) in [6, 6.07) is -6.12. The number of hydrogen-bond donors (Lipinski definition) is 9. The number of nitrogens with two attached hydrogens (primary N) is 2. The number of aliphatic hydroxyl groups excluding tert-OH is 3. The van der Waals surface area contributed by atoms with Crippen molar-refractivity contribution in [2.45, 2.75) is 63.1 Å². The molecule has 0 radical (unpaired) electrons. The summed E-state index contributed by atoms with van der Waals surface area (Å²) in [5.74, 6) is -5.29. The molecule has 0 fully saturated rings. The summed E-state index contributed by atoms with van der Waals surface area (Å²) in [6.07, 6.45) is -3.23. The number of amides is 4. The van der Waals surface area contributed by atoms with Crippen LogP contribution in [-0.2, 0) is 24.0 Å². The Balaban J connectivity index is 5.23. The molecule has 0 aliphatic rings. The highest BCUT2D eigenvalue weighted by molar-refractivity contribution is 5.94. The highest BCUT2D eigenvalue weighted by Crippen LogP contribution is 2.02. The molecule has 0 aromatic rings. The molecule has 30 heavy (non-hydrogen) atoms. The van der Waals surface area contributed by atoms with Crippen molar-refractivity contribution >= 4 is 29.6 Å². The molecule has 0 aliphatic carbocycles. The third kappa shape index (κ3) is 9.13. The van der Waals surface area contributed by atoms with Crippen LogP contribution in [0.15, 0.2) is 0 Å². The van der Waals surface area contributed by atoms with Gasteiger partial charge in [0.15, 0.2) is 0 Å². The molecule has 6 unspecified atom stereocenters. The lowest BCUT2D eigenvalue weighted by molar-refractivity contribution is -0.144. The van der Waals surface area contributed by atoms with E-state index in [4.69, 9.17) is 21.7 Å². The van der Waals surface area contributed by atoms with Crippen LogP contribution in [0.3, 0.4) is 0 Å². The lowest BCUT2D eigenvalue weighted by atomic mass is 10.1. The fourth-order valence-corrected chi connectivity index (χ4v) is 2.19. The summed E-state index contributed by atoms with van der Waals surface area (Å²) in [4.78, 5) is 58.4. The number of carbonyl (C=O) groups is 5. The Morgan fingerprint density at radius 1 is 0.867 bits per heavy atom. The predicted octanol–water partition coefficient (Wildman–Crippen LogP) is -5.13. The number of aliphatic carboxylic acids is 1. The van der Waals surface area contributed by atoms with E-state index in [9.17, 15) is 34.2 Å². The second kappa shape index (κ2) is 12.7. The summed E-state index contributed by atoms with van der Waals surface area (Å²) in [5, 5.41) is 43.6. The first kappa shape index (κ1) is 27.2. The maximum absolute atomic E-state index is 12.5. The number of carboxylic acids is 1. The SMILES string of the molecule is CC(O)C(NC(=O)C(N)CCC(N)=O)C(=O)NC(C(=O)NC(CO)C(=O)O)C(C)O. The van der Waals surface area contributed by atoms with E-state index in [2.05, 4.69) is 10.6 Å². The maximum atomic E-state index is 12.5. The van der Waals surface area contributed by atoms with Gasteiger partial charge in [0.05, 0.1) is 24.9 Å². The average Bonchev–Trinajstić information content (AvgIpc) is 2.64. The van der Waals surface area contributed by atoms with Crippen molar-refractivity contribution in [2.75, 3.05) is 6.61 Å². The largest absolute Gasteiger partial charge is 0.480 e. The summed E-state index contributed by atoms with van der Waals surface area (Å²) < 4.78 is 0. The molecule has 0 spiro atoms. The number of primary amides is 1. The molecule has 0 saturated heterocycles. The molecule has 0 aromatic heterocycles. The molecule has 0 aliphatic heterocycles. The van der Waals surface area contributed by atoms with E-state index in [-0.39, 0.29) is 12.8 Å². The minimum Gasteiger partial charge on any atom is -0.480 e. The number of carboxylic acid groups (broad SMARTS) is 1. The van der Waals surface area contributed by atoms with Crippen molar-refractivity contribution in [3.8, 4) is 0 Å². The van der Waals surface area contributed by atoms with Gasteiger partial charge in [0, 0.05) is 6.42 Å². The van der Waals surface area contributed by atoms with Gasteiger partial charge in [-0.05, 0) is 20.3 Å². The molecule has 0 heterocycles. The highest BCUT2D eigenvalue weighted by atomic mass is 16.4. The van der Waals surface area contributed by atoms with E-state index < -0.39 is 72.6 Å². The van der Waals surface area contributed by atoms with Crippen molar-refractivity contribution in [2.24, 2.45) is 11.5 Å². The number of hydrogen-bond acceptors (Lipinski definition) is 9. The van der Waals surface area contributed by atoms with Crippen molar-refractivity contribution < 1.29 is 44.4 Å². The molecule has 6 atom stereocenters. The smallest absolute Gasteiger partial charge is 0.328 e. The van der Waals surface area contributed by atoms with Crippen LogP contribution in [0.4, 0.5) is 0 Å². The maximum Gasteiger partial charge on any atom is 0.328 e. The zero-order chi connectivity index (χ0) is 23.6. The standard InChI is InChI=1S/C16H29N5O9/c1-6(23)11(14(27)19-9(5-22)16(29)30)21-15(28)12(7(2)24)20-13(26)8(17)3-4-10(18)25/h6-9,11-12,22-24H,3-5,17H2,1-2H3,(H2,18,25)(H,19,27)(H,20,26)(H,21,28)(H,29,30). The van der Waals surface area contributed by atoms with Gasteiger partial charge in [-0.15, -0.1) is 0 Å². The number of nitrogens with one attached hydrogen (secondary N) is 3. The Morgan fingerprint density at radius 3 is 1.67 bits per heavy atom. The molecular formula is C16H29N5O9. The fourth-order valence-electron chi connectivity index (χ4n) is 2.19. The van der Waals surface area contributed by atoms with Crippen molar-refractivity contribution in [3.05, 3.63) is 0 Å². The van der Waals surface area contributed by atoms with Crippen LogP contribution >= 0.6 is 0 Å². The summed E-state index contributed by atoms with van der Waals surface area (Å²) in [7, 11) is 0. The second-order valence-corrected chi connectivity index (χ2v) is 6.65. The first-order valence-electron chi connectivity index (χ1n) is 8.96. The van der Waals surface area contributed by atoms with Gasteiger partial charge in [-0.2, -0.15) is 0 Å². The number of rotatable bonds is 13. The first-order valence-corrected chi connectivity index (χ1v) is 8.96. The lowest BCUT2D eigenvalue weighted by Crippen LogP contribution is -2.62. The number of carbonyl (C=O) groups excluding carboxylic acids is 4. The quantitative estimate of drug-likeness (QED) is 0.133. The van der Waals surface area contributed by atoms with Gasteiger partial charge < -0.3 is 47.8 Å². The fraction of sp³-hybridized carbons (Fsp3) is 0.688. The number of aliphatic hydroxyl groups is 3. The van der Waals surface area contributed by atoms with Crippen LogP contribution in [0.1, 0.15) is 26.7 Å². The summed E-state index contributed by atoms with van der Waals surface area (Å²) in [6.45, 7) is 1.37. The van der Waals surface area contributed by atoms with Crippen LogP contribution in [-0.4, -0.2) is 93.0 Å². The van der Waals surface area contributed by atoms with Gasteiger partial charge in [0.2, 0.25) is 23.6 Å². The molecule has 0 aromatic carbocycles. The predicted molar refractivity (Wildman–Crippen MR) is 100 cm³/mol. The minimum atomic E-state index is -1.67. The molecule has 0 saturated carbocycles. The van der Waals surface area contributed by atoms with Gasteiger partial charge in [0.1, 0.15) is 18.1 Å². The third-order valence-corrected chi connectivity index (χ3v) is 3.96. The van der Waals surface area contributed by atoms with E-state index in [0.717, 1.165) is 6.92 Å². The van der Waals surface area contributed by atoms with E-state index in [1.807, 2.05) is 5.32 Å².